The van der Waals surface area contributed by atoms with E-state index in [-0.39, 0.29) is 6.61 Å². The topological polar surface area (TPSA) is 72.1 Å². The van der Waals surface area contributed by atoms with E-state index in [9.17, 15) is 18.0 Å². The Hall–Kier alpha value is -2.69. The largest absolute Gasteiger partial charge is 0.416 e. The molecule has 0 radical (unpaired) electrons. The highest BCUT2D eigenvalue weighted by Crippen LogP contribution is 2.37. The SMILES string of the molecule is CCC(CO)NC.Cn1cc2c3cc(C=O)sc3n(-c3ccc(C(F)(F)F)cc3)c2n1. The predicted molar refractivity (Wildman–Crippen MR) is 116 cm³/mol. The van der Waals surface area contributed by atoms with Gasteiger partial charge >= 0.3 is 6.18 Å². The average molecular weight is 453 g/mol. The summed E-state index contributed by atoms with van der Waals surface area (Å²) < 4.78 is 41.7. The molecule has 0 saturated carbocycles. The first kappa shape index (κ1) is 23.0. The molecule has 0 saturated heterocycles. The lowest BCUT2D eigenvalue weighted by Gasteiger charge is -2.09. The van der Waals surface area contributed by atoms with Crippen molar-refractivity contribution in [1.29, 1.82) is 0 Å². The number of aldehydes is 1. The summed E-state index contributed by atoms with van der Waals surface area (Å²) >= 11 is 1.29. The zero-order valence-corrected chi connectivity index (χ0v) is 18.1. The Morgan fingerprint density at radius 3 is 2.42 bits per heavy atom. The molecule has 0 fully saturated rings. The maximum Gasteiger partial charge on any atom is 0.416 e. The molecule has 0 spiro atoms. The summed E-state index contributed by atoms with van der Waals surface area (Å²) in [6.45, 7) is 2.28. The molecule has 1 aromatic carbocycles. The summed E-state index contributed by atoms with van der Waals surface area (Å²) in [6.07, 6.45) is -0.783. The standard InChI is InChI=1S/C16H10F3N3OS.C5H13NO/c1-21-7-13-12-6-11(8-23)24-15(12)22(14(13)20-21)10-4-2-9(3-5-10)16(17,18)19;1-3-5(4-7)6-2/h2-8H,1H3;5-7H,3-4H2,1-2H3. The van der Waals surface area contributed by atoms with E-state index in [1.54, 1.807) is 22.4 Å². The van der Waals surface area contributed by atoms with Crippen molar-refractivity contribution < 1.29 is 23.1 Å². The van der Waals surface area contributed by atoms with Gasteiger partial charge in [-0.25, -0.2) is 0 Å². The third-order valence-corrected chi connectivity index (χ3v) is 5.98. The van der Waals surface area contributed by atoms with Gasteiger partial charge in [0.15, 0.2) is 11.9 Å². The number of alkyl halides is 3. The molecular formula is C21H23F3N4O2S. The first-order valence-corrected chi connectivity index (χ1v) is 10.4. The van der Waals surface area contributed by atoms with Crippen LogP contribution in [0.2, 0.25) is 0 Å². The van der Waals surface area contributed by atoms with Gasteiger partial charge in [0.2, 0.25) is 0 Å². The zero-order chi connectivity index (χ0) is 22.8. The van der Waals surface area contributed by atoms with E-state index in [1.165, 1.54) is 23.5 Å². The van der Waals surface area contributed by atoms with Gasteiger partial charge in [0.05, 0.1) is 17.0 Å². The van der Waals surface area contributed by atoms with Crippen molar-refractivity contribution in [2.45, 2.75) is 25.6 Å². The van der Waals surface area contributed by atoms with Crippen LogP contribution in [0.25, 0.3) is 26.9 Å². The highest BCUT2D eigenvalue weighted by atomic mass is 32.1. The van der Waals surface area contributed by atoms with Crippen molar-refractivity contribution in [1.82, 2.24) is 19.7 Å². The summed E-state index contributed by atoms with van der Waals surface area (Å²) in [6, 6.07) is 6.99. The molecule has 0 aliphatic heterocycles. The Morgan fingerprint density at radius 2 is 1.94 bits per heavy atom. The molecule has 3 heterocycles. The van der Waals surface area contributed by atoms with Crippen LogP contribution in [0.15, 0.2) is 36.5 Å². The second-order valence-corrected chi connectivity index (χ2v) is 8.04. The molecule has 0 aliphatic rings. The van der Waals surface area contributed by atoms with Gasteiger partial charge in [-0.1, -0.05) is 6.92 Å². The van der Waals surface area contributed by atoms with Crippen LogP contribution in [0.1, 0.15) is 28.6 Å². The van der Waals surface area contributed by atoms with E-state index in [2.05, 4.69) is 10.4 Å². The van der Waals surface area contributed by atoms with Crippen molar-refractivity contribution in [3.63, 3.8) is 0 Å². The van der Waals surface area contributed by atoms with Gasteiger partial charge in [0, 0.05) is 35.7 Å². The number of carbonyl (C=O) groups excluding carboxylic acids is 1. The smallest absolute Gasteiger partial charge is 0.395 e. The molecule has 0 bridgehead atoms. The zero-order valence-electron chi connectivity index (χ0n) is 17.3. The number of thiophene rings is 1. The summed E-state index contributed by atoms with van der Waals surface area (Å²) in [5.74, 6) is 0. The number of aryl methyl sites for hydroxylation is 1. The minimum absolute atomic E-state index is 0.243. The van der Waals surface area contributed by atoms with Crippen molar-refractivity contribution >= 4 is 38.9 Å². The third-order valence-electron chi connectivity index (χ3n) is 4.94. The number of hydrogen-bond acceptors (Lipinski definition) is 5. The van der Waals surface area contributed by atoms with E-state index in [0.29, 0.717) is 22.3 Å². The highest BCUT2D eigenvalue weighted by molar-refractivity contribution is 7.20. The molecule has 4 rings (SSSR count). The maximum absolute atomic E-state index is 12.8. The van der Waals surface area contributed by atoms with Crippen molar-refractivity contribution in [3.8, 4) is 5.69 Å². The first-order chi connectivity index (χ1) is 14.7. The number of nitrogens with zero attached hydrogens (tertiary/aromatic N) is 3. The van der Waals surface area contributed by atoms with Crippen LogP contribution in [-0.4, -0.2) is 45.4 Å². The second-order valence-electron chi connectivity index (χ2n) is 6.98. The van der Waals surface area contributed by atoms with Gasteiger partial charge < -0.3 is 10.4 Å². The van der Waals surface area contributed by atoms with E-state index in [4.69, 9.17) is 5.11 Å². The summed E-state index contributed by atoms with van der Waals surface area (Å²) in [5.41, 5.74) is 0.517. The number of aliphatic hydroxyl groups excluding tert-OH is 1. The number of aromatic nitrogens is 3. The lowest BCUT2D eigenvalue weighted by molar-refractivity contribution is -0.137. The van der Waals surface area contributed by atoms with E-state index in [0.717, 1.165) is 40.4 Å². The van der Waals surface area contributed by atoms with E-state index < -0.39 is 11.7 Å². The van der Waals surface area contributed by atoms with Crippen LogP contribution in [0.5, 0.6) is 0 Å². The number of benzene rings is 1. The molecule has 3 aromatic heterocycles. The fraction of sp³-hybridized carbons (Fsp3) is 0.333. The van der Waals surface area contributed by atoms with Crippen molar-refractivity contribution in [3.05, 3.63) is 47.0 Å². The normalized spacial score (nSPS) is 12.7. The molecule has 2 N–H and O–H groups in total. The van der Waals surface area contributed by atoms with Crippen LogP contribution in [0, 0.1) is 0 Å². The Labute approximate surface area is 180 Å². The summed E-state index contributed by atoms with van der Waals surface area (Å²) in [4.78, 5) is 12.4. The quantitative estimate of drug-likeness (QED) is 0.441. The van der Waals surface area contributed by atoms with Gasteiger partial charge in [-0.15, -0.1) is 11.3 Å². The molecular weight excluding hydrogens is 429 g/mol. The second kappa shape index (κ2) is 9.21. The Morgan fingerprint density at radius 1 is 1.26 bits per heavy atom. The Bertz CT molecular complexity index is 1170. The number of hydrogen-bond donors (Lipinski definition) is 2. The van der Waals surface area contributed by atoms with E-state index in [1.807, 2.05) is 20.2 Å². The maximum atomic E-state index is 12.8. The van der Waals surface area contributed by atoms with Crippen LogP contribution in [-0.2, 0) is 13.2 Å². The van der Waals surface area contributed by atoms with Gasteiger partial charge in [-0.05, 0) is 43.8 Å². The molecule has 1 unspecified atom stereocenters. The van der Waals surface area contributed by atoms with Gasteiger partial charge in [-0.2, -0.15) is 18.3 Å². The fourth-order valence-corrected chi connectivity index (χ4v) is 4.22. The van der Waals surface area contributed by atoms with Gasteiger partial charge in [0.1, 0.15) is 4.83 Å². The molecule has 0 amide bonds. The molecule has 1 atom stereocenters. The summed E-state index contributed by atoms with van der Waals surface area (Å²) in [5, 5.41) is 17.5. The van der Waals surface area contributed by atoms with Crippen LogP contribution in [0.4, 0.5) is 13.2 Å². The lowest BCUT2D eigenvalue weighted by atomic mass is 10.2. The number of fused-ring (bicyclic) bond motifs is 3. The van der Waals surface area contributed by atoms with Gasteiger partial charge in [0.25, 0.3) is 0 Å². The van der Waals surface area contributed by atoms with Gasteiger partial charge in [-0.3, -0.25) is 14.0 Å². The monoisotopic (exact) mass is 452 g/mol. The number of carbonyl (C=O) groups is 1. The Balaban J connectivity index is 0.000000339. The Kier molecular flexibility index (Phi) is 6.83. The molecule has 166 valence electrons. The number of likely N-dealkylation sites (N-methyl/N-ethyl adjacent to an activating group) is 1. The van der Waals surface area contributed by atoms with Crippen LogP contribution >= 0.6 is 11.3 Å². The molecule has 6 nitrogen and oxygen atoms in total. The first-order valence-electron chi connectivity index (χ1n) is 9.62. The fourth-order valence-electron chi connectivity index (χ4n) is 3.21. The minimum Gasteiger partial charge on any atom is -0.395 e. The number of aliphatic hydroxyl groups is 1. The number of rotatable bonds is 5. The molecule has 10 heteroatoms. The van der Waals surface area contributed by atoms with Crippen molar-refractivity contribution in [2.75, 3.05) is 13.7 Å². The minimum atomic E-state index is -4.38. The number of nitrogens with one attached hydrogen (secondary N) is 1. The van der Waals surface area contributed by atoms with E-state index >= 15 is 0 Å². The molecule has 31 heavy (non-hydrogen) atoms. The van der Waals surface area contributed by atoms with Crippen LogP contribution in [0.3, 0.4) is 0 Å². The van der Waals surface area contributed by atoms with Crippen LogP contribution < -0.4 is 5.32 Å². The average Bonchev–Trinajstić information content (AvgIpc) is 3.39. The molecule has 0 aliphatic carbocycles. The summed E-state index contributed by atoms with van der Waals surface area (Å²) in [7, 11) is 3.63. The number of halogens is 3. The highest BCUT2D eigenvalue weighted by Gasteiger charge is 2.30. The molecule has 4 aromatic rings. The van der Waals surface area contributed by atoms with Crippen molar-refractivity contribution in [2.24, 2.45) is 7.05 Å². The lowest BCUT2D eigenvalue weighted by Crippen LogP contribution is -2.27. The third kappa shape index (κ3) is 4.65. The predicted octanol–water partition coefficient (Wildman–Crippen LogP) is 4.39.